The van der Waals surface area contributed by atoms with Crippen molar-refractivity contribution in [3.63, 3.8) is 0 Å². The number of aromatic nitrogens is 2. The number of methoxy groups -OCH3 is 1. The van der Waals surface area contributed by atoms with Crippen LogP contribution in [-0.4, -0.2) is 53.9 Å². The van der Waals surface area contributed by atoms with Crippen LogP contribution in [0.5, 0.6) is 5.75 Å². The third kappa shape index (κ3) is 4.50. The van der Waals surface area contributed by atoms with Crippen molar-refractivity contribution >= 4 is 23.3 Å². The molecular weight excluding hydrogens is 418 g/mol. The quantitative estimate of drug-likeness (QED) is 0.605. The maximum absolute atomic E-state index is 13.6. The molecule has 3 aromatic rings. The first-order valence-electron chi connectivity index (χ1n) is 10.9. The maximum Gasteiger partial charge on any atom is 0.257 e. The predicted octanol–water partition coefficient (Wildman–Crippen LogP) is 3.15. The number of rotatable bonds is 6. The summed E-state index contributed by atoms with van der Waals surface area (Å²) in [5, 5.41) is 6.00. The second-order valence-corrected chi connectivity index (χ2v) is 7.96. The van der Waals surface area contributed by atoms with E-state index < -0.39 is 5.41 Å². The van der Waals surface area contributed by atoms with Crippen molar-refractivity contribution in [2.45, 2.75) is 18.3 Å². The highest BCUT2D eigenvalue weighted by Crippen LogP contribution is 2.34. The molecule has 1 saturated heterocycles. The molecule has 1 aromatic carbocycles. The standard InChI is InChI=1S/C25H27N5O3/c1-26-24(32)25(21-8-3-4-14-27-21)13-6-16-30(17-25)23(31)20-7-5-15-28-22(20)29-18-9-11-19(33-2)12-10-18/h3-5,7-12,14-15H,6,13,16-17H2,1-2H3,(H,26,32)(H,28,29)/t25-/m1/s1. The van der Waals surface area contributed by atoms with Crippen molar-refractivity contribution in [1.29, 1.82) is 0 Å². The summed E-state index contributed by atoms with van der Waals surface area (Å²) in [6, 6.07) is 16.4. The van der Waals surface area contributed by atoms with Crippen LogP contribution in [0.4, 0.5) is 11.5 Å². The van der Waals surface area contributed by atoms with Crippen molar-refractivity contribution in [3.05, 3.63) is 78.2 Å². The Morgan fingerprint density at radius 2 is 1.82 bits per heavy atom. The first-order chi connectivity index (χ1) is 16.1. The van der Waals surface area contributed by atoms with E-state index in [2.05, 4.69) is 20.6 Å². The largest absolute Gasteiger partial charge is 0.497 e. The second-order valence-electron chi connectivity index (χ2n) is 7.96. The fourth-order valence-electron chi connectivity index (χ4n) is 4.28. The number of nitrogens with zero attached hydrogens (tertiary/aromatic N) is 3. The Morgan fingerprint density at radius 3 is 2.52 bits per heavy atom. The van der Waals surface area contributed by atoms with Crippen LogP contribution in [0.3, 0.4) is 0 Å². The van der Waals surface area contributed by atoms with E-state index in [0.29, 0.717) is 36.5 Å². The zero-order valence-electron chi connectivity index (χ0n) is 18.7. The SMILES string of the molecule is CNC(=O)[C@]1(c2ccccn2)CCCN(C(=O)c2cccnc2Nc2ccc(OC)cc2)C1. The Labute approximate surface area is 193 Å². The Hall–Kier alpha value is -3.94. The number of carbonyl (C=O) groups excluding carboxylic acids is 2. The number of pyridine rings is 2. The van der Waals surface area contributed by atoms with Crippen molar-refractivity contribution in [1.82, 2.24) is 20.2 Å². The van der Waals surface area contributed by atoms with E-state index in [1.807, 2.05) is 42.5 Å². The minimum Gasteiger partial charge on any atom is -0.497 e. The van der Waals surface area contributed by atoms with Crippen LogP contribution in [0.2, 0.25) is 0 Å². The molecule has 0 aliphatic carbocycles. The molecular formula is C25H27N5O3. The van der Waals surface area contributed by atoms with Gasteiger partial charge in [0.1, 0.15) is 17.0 Å². The van der Waals surface area contributed by atoms with E-state index in [0.717, 1.165) is 11.4 Å². The minimum absolute atomic E-state index is 0.138. The van der Waals surface area contributed by atoms with Gasteiger partial charge in [0, 0.05) is 38.2 Å². The third-order valence-corrected chi connectivity index (χ3v) is 5.99. The number of likely N-dealkylation sites (tertiary alicyclic amines) is 1. The Balaban J connectivity index is 1.62. The lowest BCUT2D eigenvalue weighted by Gasteiger charge is -2.41. The van der Waals surface area contributed by atoms with Gasteiger partial charge in [-0.2, -0.15) is 0 Å². The molecule has 2 aromatic heterocycles. The van der Waals surface area contributed by atoms with Crippen LogP contribution >= 0.6 is 0 Å². The van der Waals surface area contributed by atoms with Gasteiger partial charge in [0.05, 0.1) is 18.4 Å². The zero-order chi connectivity index (χ0) is 23.3. The molecule has 0 bridgehead atoms. The number of likely N-dealkylation sites (N-methyl/N-ethyl adjacent to an activating group) is 1. The summed E-state index contributed by atoms with van der Waals surface area (Å²) in [5.74, 6) is 0.886. The van der Waals surface area contributed by atoms with Crippen molar-refractivity contribution in [2.24, 2.45) is 0 Å². The van der Waals surface area contributed by atoms with E-state index in [1.165, 1.54) is 0 Å². The molecule has 3 heterocycles. The monoisotopic (exact) mass is 445 g/mol. The summed E-state index contributed by atoms with van der Waals surface area (Å²) in [4.78, 5) is 37.2. The fourth-order valence-corrected chi connectivity index (χ4v) is 4.28. The molecule has 4 rings (SSSR count). The first kappa shape index (κ1) is 22.3. The van der Waals surface area contributed by atoms with Crippen molar-refractivity contribution in [3.8, 4) is 5.75 Å². The van der Waals surface area contributed by atoms with Crippen LogP contribution in [-0.2, 0) is 10.2 Å². The summed E-state index contributed by atoms with van der Waals surface area (Å²) >= 11 is 0. The molecule has 0 unspecified atom stereocenters. The Bertz CT molecular complexity index is 1120. The number of benzene rings is 1. The summed E-state index contributed by atoms with van der Waals surface area (Å²) in [6.07, 6.45) is 4.63. The van der Waals surface area contributed by atoms with Crippen LogP contribution in [0.1, 0.15) is 28.9 Å². The van der Waals surface area contributed by atoms with Gasteiger partial charge in [0.2, 0.25) is 5.91 Å². The van der Waals surface area contributed by atoms with Gasteiger partial charge in [-0.15, -0.1) is 0 Å². The summed E-state index contributed by atoms with van der Waals surface area (Å²) in [7, 11) is 3.23. The zero-order valence-corrected chi connectivity index (χ0v) is 18.7. The van der Waals surface area contributed by atoms with Gasteiger partial charge in [-0.3, -0.25) is 14.6 Å². The van der Waals surface area contributed by atoms with Gasteiger partial charge in [0.15, 0.2) is 0 Å². The predicted molar refractivity (Wildman–Crippen MR) is 126 cm³/mol. The topological polar surface area (TPSA) is 96.5 Å². The number of nitrogens with one attached hydrogen (secondary N) is 2. The lowest BCUT2D eigenvalue weighted by Crippen LogP contribution is -2.56. The summed E-state index contributed by atoms with van der Waals surface area (Å²) in [5.41, 5.74) is 1.01. The molecule has 8 nitrogen and oxygen atoms in total. The van der Waals surface area contributed by atoms with Gasteiger partial charge in [-0.05, 0) is 61.4 Å². The van der Waals surface area contributed by atoms with Gasteiger partial charge < -0.3 is 20.3 Å². The molecule has 0 radical (unpaired) electrons. The molecule has 0 spiro atoms. The van der Waals surface area contributed by atoms with E-state index in [1.54, 1.807) is 43.6 Å². The second kappa shape index (κ2) is 9.68. The highest BCUT2D eigenvalue weighted by molar-refractivity contribution is 6.00. The number of carbonyl (C=O) groups is 2. The van der Waals surface area contributed by atoms with E-state index in [9.17, 15) is 9.59 Å². The molecule has 0 saturated carbocycles. The smallest absolute Gasteiger partial charge is 0.257 e. The number of hydrogen-bond acceptors (Lipinski definition) is 6. The molecule has 2 N–H and O–H groups in total. The first-order valence-corrected chi connectivity index (χ1v) is 10.9. The van der Waals surface area contributed by atoms with Crippen LogP contribution in [0, 0.1) is 0 Å². The summed E-state index contributed by atoms with van der Waals surface area (Å²) < 4.78 is 5.20. The molecule has 1 atom stereocenters. The number of amides is 2. The third-order valence-electron chi connectivity index (χ3n) is 5.99. The lowest BCUT2D eigenvalue weighted by molar-refractivity contribution is -0.128. The van der Waals surface area contributed by atoms with Crippen molar-refractivity contribution < 1.29 is 14.3 Å². The Kier molecular flexibility index (Phi) is 6.53. The highest BCUT2D eigenvalue weighted by Gasteiger charge is 2.45. The number of hydrogen-bond donors (Lipinski definition) is 2. The molecule has 2 amide bonds. The maximum atomic E-state index is 13.6. The number of ether oxygens (including phenoxy) is 1. The number of anilines is 2. The molecule has 1 aliphatic rings. The average molecular weight is 446 g/mol. The van der Waals surface area contributed by atoms with Gasteiger partial charge in [0.25, 0.3) is 5.91 Å². The lowest BCUT2D eigenvalue weighted by atomic mass is 9.75. The van der Waals surface area contributed by atoms with Crippen LogP contribution in [0.25, 0.3) is 0 Å². The van der Waals surface area contributed by atoms with Crippen LogP contribution in [0.15, 0.2) is 67.0 Å². The van der Waals surface area contributed by atoms with E-state index in [4.69, 9.17) is 4.74 Å². The van der Waals surface area contributed by atoms with Gasteiger partial charge in [-0.25, -0.2) is 4.98 Å². The summed E-state index contributed by atoms with van der Waals surface area (Å²) in [6.45, 7) is 0.806. The van der Waals surface area contributed by atoms with Gasteiger partial charge in [-0.1, -0.05) is 6.07 Å². The molecule has 33 heavy (non-hydrogen) atoms. The van der Waals surface area contributed by atoms with E-state index in [-0.39, 0.29) is 18.4 Å². The average Bonchev–Trinajstić information content (AvgIpc) is 2.89. The van der Waals surface area contributed by atoms with E-state index >= 15 is 0 Å². The molecule has 8 heteroatoms. The highest BCUT2D eigenvalue weighted by atomic mass is 16.5. The van der Waals surface area contributed by atoms with Gasteiger partial charge >= 0.3 is 0 Å². The van der Waals surface area contributed by atoms with Crippen molar-refractivity contribution in [2.75, 3.05) is 32.6 Å². The van der Waals surface area contributed by atoms with Crippen LogP contribution < -0.4 is 15.4 Å². The normalized spacial score (nSPS) is 17.8. The molecule has 170 valence electrons. The minimum atomic E-state index is -0.893. The molecule has 1 fully saturated rings. The fraction of sp³-hybridized carbons (Fsp3) is 0.280. The molecule has 1 aliphatic heterocycles. The number of piperidine rings is 1. The Morgan fingerprint density at radius 1 is 1.03 bits per heavy atom.